The molecule has 180 valence electrons. The van der Waals surface area contributed by atoms with Gasteiger partial charge in [-0.05, 0) is 12.8 Å². The van der Waals surface area contributed by atoms with Gasteiger partial charge in [-0.2, -0.15) is 65.9 Å². The summed E-state index contributed by atoms with van der Waals surface area (Å²) in [5, 5.41) is 0. The summed E-state index contributed by atoms with van der Waals surface area (Å²) in [6, 6.07) is 0. The fourth-order valence-electron chi connectivity index (χ4n) is 2.30. The van der Waals surface area contributed by atoms with Crippen LogP contribution in [-0.4, -0.2) is 42.2 Å². The molecule has 0 aliphatic heterocycles. The molecule has 0 aliphatic carbocycles. The molecule has 17 heteroatoms. The Labute approximate surface area is 155 Å². The van der Waals surface area contributed by atoms with E-state index >= 15 is 0 Å². The average molecular weight is 488 g/mol. The Morgan fingerprint density at radius 1 is 0.500 bits per heavy atom. The molecule has 0 rings (SSSR count). The molecule has 0 aromatic rings. The van der Waals surface area contributed by atoms with Crippen LogP contribution in [0.15, 0.2) is 11.1 Å². The molecule has 0 N–H and O–H groups in total. The summed E-state index contributed by atoms with van der Waals surface area (Å²) in [6.45, 7) is 0.889. The van der Waals surface area contributed by atoms with Crippen LogP contribution in [0.4, 0.5) is 74.6 Å². The van der Waals surface area contributed by atoms with Crippen molar-refractivity contribution in [3.8, 4) is 0 Å². The zero-order valence-electron chi connectivity index (χ0n) is 14.0. The third-order valence-electron chi connectivity index (χ3n) is 3.68. The molecule has 0 aliphatic rings. The molecule has 0 aromatic heterocycles. The Bertz CT molecular complexity index is 552. The lowest BCUT2D eigenvalue weighted by atomic mass is 9.76. The van der Waals surface area contributed by atoms with Crippen LogP contribution in [0.25, 0.3) is 0 Å². The Morgan fingerprint density at radius 2 is 0.767 bits per heavy atom. The molecular weight excluding hydrogens is 479 g/mol. The molecule has 0 radical (unpaired) electrons. The lowest BCUT2D eigenvalue weighted by Crippen LogP contribution is -2.66. The smallest absolute Gasteiger partial charge is 0.218 e. The summed E-state index contributed by atoms with van der Waals surface area (Å²) >= 11 is 0. The van der Waals surface area contributed by atoms with Crippen molar-refractivity contribution in [1.82, 2.24) is 0 Å². The minimum atomic E-state index is -7.99. The molecular formula is C13H9F17. The van der Waals surface area contributed by atoms with Gasteiger partial charge in [0.1, 0.15) is 0 Å². The van der Waals surface area contributed by atoms with Crippen molar-refractivity contribution in [2.45, 2.75) is 68.4 Å². The molecule has 0 spiro atoms. The average Bonchev–Trinajstić information content (AvgIpc) is 2.44. The van der Waals surface area contributed by atoms with E-state index in [4.69, 9.17) is 0 Å². The van der Waals surface area contributed by atoms with Gasteiger partial charge in [-0.1, -0.05) is 13.3 Å². The van der Waals surface area contributed by atoms with Crippen molar-refractivity contribution in [3.63, 3.8) is 0 Å². The van der Waals surface area contributed by atoms with Gasteiger partial charge in [-0.15, -0.1) is 0 Å². The first-order valence-electron chi connectivity index (χ1n) is 7.27. The van der Waals surface area contributed by atoms with E-state index in [1.807, 2.05) is 0 Å². The van der Waals surface area contributed by atoms with Gasteiger partial charge in [0.2, 0.25) is 0 Å². The van der Waals surface area contributed by atoms with Crippen molar-refractivity contribution in [1.29, 1.82) is 0 Å². The summed E-state index contributed by atoms with van der Waals surface area (Å²) < 4.78 is 221. The first-order chi connectivity index (χ1) is 12.8. The van der Waals surface area contributed by atoms with Crippen LogP contribution in [0.3, 0.4) is 0 Å². The molecule has 0 saturated carbocycles. The van der Waals surface area contributed by atoms with Crippen molar-refractivity contribution in [2.24, 2.45) is 0 Å². The van der Waals surface area contributed by atoms with Crippen LogP contribution in [0.2, 0.25) is 0 Å². The van der Waals surface area contributed by atoms with E-state index in [1.165, 1.54) is 0 Å². The number of hydrogen-bond acceptors (Lipinski definition) is 0. The third-order valence-corrected chi connectivity index (χ3v) is 3.68. The van der Waals surface area contributed by atoms with Crippen LogP contribution in [0.1, 0.15) is 26.2 Å². The minimum Gasteiger partial charge on any atom is -0.218 e. The summed E-state index contributed by atoms with van der Waals surface area (Å²) in [5.74, 6) is 0. The van der Waals surface area contributed by atoms with Crippen molar-refractivity contribution in [2.75, 3.05) is 0 Å². The SMILES string of the molecule is CCCCC(=C(C(F)(C(F)(F)F)C(F)(F)F)C(F)(C(F)(F)F)C(F)(F)F)C(F)(F)F. The van der Waals surface area contributed by atoms with E-state index in [0.29, 0.717) is 0 Å². The van der Waals surface area contributed by atoms with Crippen molar-refractivity contribution in [3.05, 3.63) is 11.1 Å². The van der Waals surface area contributed by atoms with Gasteiger partial charge < -0.3 is 0 Å². The number of hydrogen-bond donors (Lipinski definition) is 0. The fraction of sp³-hybridized carbons (Fsp3) is 0.846. The highest BCUT2D eigenvalue weighted by atomic mass is 19.4. The standard InChI is InChI=1S/C13H9F17/c1-2-3-4-5(9(16,17)18)6(7(14,10(19,20)21)11(22,23)24)8(15,12(25,26)27)13(28,29)30/h2-4H2,1H3. The molecule has 0 heterocycles. The maximum atomic E-state index is 14.2. The zero-order valence-corrected chi connectivity index (χ0v) is 14.0. The van der Waals surface area contributed by atoms with Crippen LogP contribution in [0.5, 0.6) is 0 Å². The fourth-order valence-corrected chi connectivity index (χ4v) is 2.30. The number of unbranched alkanes of at least 4 members (excludes halogenated alkanes) is 1. The normalized spacial score (nSPS) is 15.4. The molecule has 0 aromatic carbocycles. The maximum Gasteiger partial charge on any atom is 0.435 e. The highest BCUT2D eigenvalue weighted by molar-refractivity contribution is 5.42. The lowest BCUT2D eigenvalue weighted by Gasteiger charge is -2.41. The van der Waals surface area contributed by atoms with E-state index in [2.05, 4.69) is 0 Å². The molecule has 0 amide bonds. The highest BCUT2D eigenvalue weighted by Crippen LogP contribution is 2.63. The van der Waals surface area contributed by atoms with Gasteiger partial charge in [0.25, 0.3) is 0 Å². The minimum absolute atomic E-state index is 0.624. The van der Waals surface area contributed by atoms with Gasteiger partial charge >= 0.3 is 42.2 Å². The second kappa shape index (κ2) is 7.91. The summed E-state index contributed by atoms with van der Waals surface area (Å²) in [4.78, 5) is 0. The maximum absolute atomic E-state index is 14.2. The topological polar surface area (TPSA) is 0 Å². The van der Waals surface area contributed by atoms with Gasteiger partial charge in [0, 0.05) is 11.1 Å². The van der Waals surface area contributed by atoms with E-state index in [0.717, 1.165) is 6.92 Å². The Kier molecular flexibility index (Phi) is 7.53. The monoisotopic (exact) mass is 488 g/mol. The largest absolute Gasteiger partial charge is 0.435 e. The van der Waals surface area contributed by atoms with Crippen LogP contribution in [0, 0.1) is 0 Å². The van der Waals surface area contributed by atoms with Gasteiger partial charge in [-0.25, -0.2) is 8.78 Å². The van der Waals surface area contributed by atoms with Gasteiger partial charge in [0.15, 0.2) is 0 Å². The summed E-state index contributed by atoms with van der Waals surface area (Å²) in [6.07, 6.45) is -42.7. The van der Waals surface area contributed by atoms with E-state index in [1.54, 1.807) is 0 Å². The Hall–Kier alpha value is -1.45. The van der Waals surface area contributed by atoms with Gasteiger partial charge in [0.05, 0.1) is 0 Å². The second-order valence-corrected chi connectivity index (χ2v) is 5.76. The molecule has 30 heavy (non-hydrogen) atoms. The van der Waals surface area contributed by atoms with Crippen molar-refractivity contribution >= 4 is 0 Å². The Morgan fingerprint density at radius 3 is 0.933 bits per heavy atom. The first kappa shape index (κ1) is 28.5. The predicted octanol–water partition coefficient (Wildman–Crippen LogP) is 7.70. The zero-order chi connectivity index (χ0) is 24.8. The van der Waals surface area contributed by atoms with Crippen LogP contribution >= 0.6 is 0 Å². The van der Waals surface area contributed by atoms with Crippen LogP contribution in [-0.2, 0) is 0 Å². The summed E-state index contributed by atoms with van der Waals surface area (Å²) in [5.41, 5.74) is -25.1. The quantitative estimate of drug-likeness (QED) is 0.275. The molecule has 0 atom stereocenters. The molecule has 0 saturated heterocycles. The number of halogens is 17. The first-order valence-corrected chi connectivity index (χ1v) is 7.27. The van der Waals surface area contributed by atoms with E-state index in [-0.39, 0.29) is 0 Å². The molecule has 0 unspecified atom stereocenters. The second-order valence-electron chi connectivity index (χ2n) is 5.76. The van der Waals surface area contributed by atoms with E-state index < -0.39 is 72.6 Å². The summed E-state index contributed by atoms with van der Waals surface area (Å²) in [7, 11) is 0. The van der Waals surface area contributed by atoms with E-state index in [9.17, 15) is 74.6 Å². The number of allylic oxidation sites excluding steroid dienone is 2. The third kappa shape index (κ3) is 4.73. The molecule has 0 fully saturated rings. The highest BCUT2D eigenvalue weighted by Gasteiger charge is 2.87. The Balaban J connectivity index is 8.10. The van der Waals surface area contributed by atoms with Crippen molar-refractivity contribution < 1.29 is 74.6 Å². The number of alkyl halides is 17. The van der Waals surface area contributed by atoms with Crippen LogP contribution < -0.4 is 0 Å². The predicted molar refractivity (Wildman–Crippen MR) is 64.5 cm³/mol. The van der Waals surface area contributed by atoms with Gasteiger partial charge in [-0.3, -0.25) is 0 Å². The molecule has 0 bridgehead atoms. The molecule has 0 nitrogen and oxygen atoms in total. The lowest BCUT2D eigenvalue weighted by molar-refractivity contribution is -0.365. The number of rotatable bonds is 5.